The molecular weight excluding hydrogens is 500 g/mol. The fourth-order valence-corrected chi connectivity index (χ4v) is 4.47. The van der Waals surface area contributed by atoms with Crippen LogP contribution in [0.1, 0.15) is 15.9 Å². The Kier molecular flexibility index (Phi) is 12.1. The molecule has 1 aliphatic heterocycles. The van der Waals surface area contributed by atoms with Gasteiger partial charge >= 0.3 is 23.9 Å². The molecule has 0 aliphatic carbocycles. The monoisotopic (exact) mass is 536 g/mol. The molecule has 0 amide bonds. The third-order valence-corrected chi connectivity index (χ3v) is 6.29. The minimum atomic E-state index is -1.06. The van der Waals surface area contributed by atoms with Crippen molar-refractivity contribution < 1.29 is 44.7 Å². The number of carbonyl (C=O) groups is 4. The maximum atomic E-state index is 11.6. The van der Waals surface area contributed by atoms with Gasteiger partial charge in [-0.1, -0.05) is 18.7 Å². The highest BCUT2D eigenvalue weighted by Crippen LogP contribution is 2.15. The predicted octanol–water partition coefficient (Wildman–Crippen LogP) is -0.157. The number of rotatable bonds is 11. The van der Waals surface area contributed by atoms with Crippen molar-refractivity contribution in [2.75, 3.05) is 72.0 Å². The van der Waals surface area contributed by atoms with E-state index in [1.165, 1.54) is 12.1 Å². The lowest BCUT2D eigenvalue weighted by Gasteiger charge is -2.38. The molecule has 1 atom stereocenters. The molecule has 0 radical (unpaired) electrons. The van der Waals surface area contributed by atoms with Gasteiger partial charge in [0.15, 0.2) is 0 Å². The molecule has 13 heteroatoms. The summed E-state index contributed by atoms with van der Waals surface area (Å²) in [5.41, 5.74) is 0.925. The molecule has 210 valence electrons. The molecule has 1 heterocycles. The van der Waals surface area contributed by atoms with Crippen molar-refractivity contribution in [1.82, 2.24) is 19.6 Å². The van der Waals surface area contributed by atoms with Crippen molar-refractivity contribution in [3.05, 3.63) is 47.7 Å². The molecule has 1 aromatic rings. The van der Waals surface area contributed by atoms with Crippen LogP contribution in [0.2, 0.25) is 0 Å². The highest BCUT2D eigenvalue weighted by molar-refractivity contribution is 5.87. The molecule has 1 fully saturated rings. The standard InChI is InChI=1S/C25H36N4O9/c1-18(30)13-29-11-10-27(16-23(33)34)7-6-26(15-22(31)32)8-9-28(17-24(35)36)14-21(29)12-19-2-4-20(5-3-19)25(37)38/h2-5,21,30H,1,6-17H2,(H,31,32)(H,33,34)(H,35,36)(H,37,38). The van der Waals surface area contributed by atoms with Gasteiger partial charge in [0.05, 0.1) is 37.5 Å². The minimum absolute atomic E-state index is 0.0742. The Morgan fingerprint density at radius 1 is 0.684 bits per heavy atom. The summed E-state index contributed by atoms with van der Waals surface area (Å²) in [5.74, 6) is -4.27. The van der Waals surface area contributed by atoms with Crippen LogP contribution in [-0.2, 0) is 20.8 Å². The number of aliphatic hydroxyl groups is 1. The first-order valence-electron chi connectivity index (χ1n) is 12.2. The average Bonchev–Trinajstić information content (AvgIpc) is 2.80. The molecule has 2 rings (SSSR count). The molecule has 38 heavy (non-hydrogen) atoms. The molecule has 1 aromatic carbocycles. The van der Waals surface area contributed by atoms with Crippen LogP contribution in [0.15, 0.2) is 36.6 Å². The summed E-state index contributed by atoms with van der Waals surface area (Å²) in [6, 6.07) is 5.97. The lowest BCUT2D eigenvalue weighted by atomic mass is 10.0. The average molecular weight is 537 g/mol. The van der Waals surface area contributed by atoms with E-state index in [4.69, 9.17) is 0 Å². The molecule has 1 unspecified atom stereocenters. The lowest BCUT2D eigenvalue weighted by Crippen LogP contribution is -2.52. The zero-order valence-electron chi connectivity index (χ0n) is 21.2. The second kappa shape index (κ2) is 15.0. The van der Waals surface area contributed by atoms with Gasteiger partial charge in [-0.25, -0.2) is 4.79 Å². The first kappa shape index (κ1) is 30.7. The van der Waals surface area contributed by atoms with Gasteiger partial charge in [-0.05, 0) is 24.1 Å². The fraction of sp³-hybridized carbons (Fsp3) is 0.520. The van der Waals surface area contributed by atoms with E-state index in [-0.39, 0.29) is 76.3 Å². The maximum absolute atomic E-state index is 11.6. The van der Waals surface area contributed by atoms with Crippen LogP contribution in [-0.4, -0.2) is 147 Å². The second-order valence-corrected chi connectivity index (χ2v) is 9.37. The first-order chi connectivity index (χ1) is 17.9. The minimum Gasteiger partial charge on any atom is -0.512 e. The van der Waals surface area contributed by atoms with Gasteiger partial charge in [0, 0.05) is 51.9 Å². The summed E-state index contributed by atoms with van der Waals surface area (Å²) in [6.07, 6.45) is 0.390. The third-order valence-electron chi connectivity index (χ3n) is 6.29. The number of aromatic carboxylic acids is 1. The van der Waals surface area contributed by atoms with Crippen LogP contribution < -0.4 is 0 Å². The number of nitrogens with zero attached hydrogens (tertiary/aromatic N) is 4. The van der Waals surface area contributed by atoms with Crippen molar-refractivity contribution in [3.8, 4) is 0 Å². The fourth-order valence-electron chi connectivity index (χ4n) is 4.47. The summed E-state index contributed by atoms with van der Waals surface area (Å²) >= 11 is 0. The first-order valence-corrected chi connectivity index (χ1v) is 12.2. The van der Waals surface area contributed by atoms with Gasteiger partial charge in [0.2, 0.25) is 0 Å². The van der Waals surface area contributed by atoms with E-state index < -0.39 is 23.9 Å². The molecule has 5 N–H and O–H groups in total. The third kappa shape index (κ3) is 11.3. The SMILES string of the molecule is C=C(O)CN1CCN(CC(=O)O)CCN(CC(=O)O)CCN(CC(=O)O)CC1Cc1ccc(C(=O)O)cc1. The molecule has 0 spiro atoms. The zero-order chi connectivity index (χ0) is 28.2. The van der Waals surface area contributed by atoms with Crippen LogP contribution in [0.3, 0.4) is 0 Å². The predicted molar refractivity (Wildman–Crippen MR) is 136 cm³/mol. The Bertz CT molecular complexity index is 986. The quantitative estimate of drug-likeness (QED) is 0.236. The second-order valence-electron chi connectivity index (χ2n) is 9.37. The molecule has 0 bridgehead atoms. The van der Waals surface area contributed by atoms with E-state index >= 15 is 0 Å². The van der Waals surface area contributed by atoms with Gasteiger partial charge in [-0.2, -0.15) is 0 Å². The Labute approximate surface area is 220 Å². The molecular formula is C25H36N4O9. The number of hydrogen-bond acceptors (Lipinski definition) is 9. The number of carboxylic acids is 4. The molecule has 1 aliphatic rings. The summed E-state index contributed by atoms with van der Waals surface area (Å²) in [4.78, 5) is 52.7. The van der Waals surface area contributed by atoms with Gasteiger partial charge in [-0.3, -0.25) is 34.0 Å². The van der Waals surface area contributed by atoms with E-state index in [0.29, 0.717) is 19.5 Å². The van der Waals surface area contributed by atoms with E-state index in [2.05, 4.69) is 6.58 Å². The van der Waals surface area contributed by atoms with Crippen molar-refractivity contribution in [2.45, 2.75) is 12.5 Å². The zero-order valence-corrected chi connectivity index (χ0v) is 21.2. The van der Waals surface area contributed by atoms with E-state index in [0.717, 1.165) is 5.56 Å². The normalized spacial score (nSPS) is 19.2. The summed E-state index contributed by atoms with van der Waals surface area (Å²) in [5, 5.41) is 47.5. The van der Waals surface area contributed by atoms with Gasteiger partial charge in [-0.15, -0.1) is 0 Å². The van der Waals surface area contributed by atoms with E-state index in [9.17, 15) is 44.7 Å². The van der Waals surface area contributed by atoms with Gasteiger partial charge < -0.3 is 25.5 Å². The number of carboxylic acid groups (broad SMARTS) is 4. The highest BCUT2D eigenvalue weighted by Gasteiger charge is 2.26. The van der Waals surface area contributed by atoms with Crippen LogP contribution in [0.5, 0.6) is 0 Å². The molecule has 0 aromatic heterocycles. The Morgan fingerprint density at radius 2 is 1.13 bits per heavy atom. The highest BCUT2D eigenvalue weighted by atomic mass is 16.4. The largest absolute Gasteiger partial charge is 0.512 e. The topological polar surface area (TPSA) is 182 Å². The lowest BCUT2D eigenvalue weighted by molar-refractivity contribution is -0.140. The van der Waals surface area contributed by atoms with Crippen LogP contribution in [0, 0.1) is 0 Å². The number of hydrogen-bond donors (Lipinski definition) is 5. The van der Waals surface area contributed by atoms with Gasteiger partial charge in [0.1, 0.15) is 0 Å². The number of aliphatic carboxylic acids is 3. The van der Waals surface area contributed by atoms with Crippen molar-refractivity contribution >= 4 is 23.9 Å². The number of benzene rings is 1. The summed E-state index contributed by atoms with van der Waals surface area (Å²) in [6.45, 7) is 4.82. The van der Waals surface area contributed by atoms with Crippen LogP contribution in [0.25, 0.3) is 0 Å². The Hall–Kier alpha value is -3.52. The molecule has 0 saturated carbocycles. The van der Waals surface area contributed by atoms with Crippen molar-refractivity contribution in [3.63, 3.8) is 0 Å². The van der Waals surface area contributed by atoms with Crippen molar-refractivity contribution in [2.24, 2.45) is 0 Å². The Balaban J connectivity index is 2.41. The summed E-state index contributed by atoms with van der Waals surface area (Å²) < 4.78 is 0. The van der Waals surface area contributed by atoms with Crippen LogP contribution >= 0.6 is 0 Å². The molecule has 13 nitrogen and oxygen atoms in total. The van der Waals surface area contributed by atoms with Crippen molar-refractivity contribution in [1.29, 1.82) is 0 Å². The van der Waals surface area contributed by atoms with Gasteiger partial charge in [0.25, 0.3) is 0 Å². The van der Waals surface area contributed by atoms with E-state index in [1.54, 1.807) is 26.8 Å². The summed E-state index contributed by atoms with van der Waals surface area (Å²) in [7, 11) is 0. The smallest absolute Gasteiger partial charge is 0.335 e. The maximum Gasteiger partial charge on any atom is 0.335 e. The molecule has 1 saturated heterocycles. The van der Waals surface area contributed by atoms with Crippen LogP contribution in [0.4, 0.5) is 0 Å². The number of aliphatic hydroxyl groups excluding tert-OH is 1. The van der Waals surface area contributed by atoms with E-state index in [1.807, 2.05) is 4.90 Å². The Morgan fingerprint density at radius 3 is 1.58 bits per heavy atom.